The number of carbonyl (C=O) groups is 2. The van der Waals surface area contributed by atoms with Crippen LogP contribution in [0.3, 0.4) is 0 Å². The molecule has 0 bridgehead atoms. The number of nitrogens with zero attached hydrogens (tertiary/aromatic N) is 4. The summed E-state index contributed by atoms with van der Waals surface area (Å²) in [7, 11) is -2.33. The number of aliphatic carboxylic acids is 1. The SMILES string of the molecule is CC1=NC(=O)N(CCCN(C)S(=O)(=O)C=Cc2ccccc2)C(c2cccc([N+](=O)[O-])c2)C1C(=O)O. The van der Waals surface area contributed by atoms with Gasteiger partial charge in [-0.1, -0.05) is 42.5 Å². The molecule has 3 rings (SSSR count). The van der Waals surface area contributed by atoms with Gasteiger partial charge in [-0.15, -0.1) is 0 Å². The van der Waals surface area contributed by atoms with Crippen molar-refractivity contribution < 1.29 is 28.0 Å². The van der Waals surface area contributed by atoms with Crippen molar-refractivity contribution in [3.63, 3.8) is 0 Å². The summed E-state index contributed by atoms with van der Waals surface area (Å²) in [6.45, 7) is 1.47. The van der Waals surface area contributed by atoms with Gasteiger partial charge in [-0.3, -0.25) is 14.9 Å². The number of sulfonamides is 1. The highest BCUT2D eigenvalue weighted by Crippen LogP contribution is 2.35. The van der Waals surface area contributed by atoms with E-state index in [0.717, 1.165) is 15.3 Å². The Morgan fingerprint density at radius 2 is 1.92 bits per heavy atom. The Balaban J connectivity index is 1.79. The van der Waals surface area contributed by atoms with Crippen LogP contribution in [0.4, 0.5) is 10.5 Å². The van der Waals surface area contributed by atoms with Gasteiger partial charge in [-0.2, -0.15) is 0 Å². The predicted octanol–water partition coefficient (Wildman–Crippen LogP) is 3.56. The number of non-ortho nitro benzene ring substituents is 1. The quantitative estimate of drug-likeness (QED) is 0.376. The molecule has 2 atom stereocenters. The van der Waals surface area contributed by atoms with E-state index in [1.807, 2.05) is 6.07 Å². The first-order valence-corrected chi connectivity index (χ1v) is 12.5. The van der Waals surface area contributed by atoms with Crippen molar-refractivity contribution in [3.8, 4) is 0 Å². The lowest BCUT2D eigenvalue weighted by Gasteiger charge is -2.38. The van der Waals surface area contributed by atoms with Crippen LogP contribution >= 0.6 is 0 Å². The van der Waals surface area contributed by atoms with Gasteiger partial charge in [0.2, 0.25) is 10.0 Å². The molecule has 0 saturated carbocycles. The highest BCUT2D eigenvalue weighted by Gasteiger charge is 2.42. The maximum absolute atomic E-state index is 12.8. The molecule has 2 aromatic carbocycles. The van der Waals surface area contributed by atoms with Crippen LogP contribution in [-0.4, -0.2) is 65.5 Å². The Bertz CT molecular complexity index is 1310. The molecule has 0 fully saturated rings. The zero-order valence-corrected chi connectivity index (χ0v) is 20.5. The molecule has 190 valence electrons. The van der Waals surface area contributed by atoms with Gasteiger partial charge in [0.25, 0.3) is 5.69 Å². The summed E-state index contributed by atoms with van der Waals surface area (Å²) in [5.74, 6) is -2.43. The molecule has 0 radical (unpaired) electrons. The third-order valence-electron chi connectivity index (χ3n) is 5.85. The summed E-state index contributed by atoms with van der Waals surface area (Å²) in [6.07, 6.45) is 1.67. The first-order chi connectivity index (χ1) is 17.0. The third-order valence-corrected chi connectivity index (χ3v) is 7.38. The largest absolute Gasteiger partial charge is 0.481 e. The molecule has 2 aromatic rings. The highest BCUT2D eigenvalue weighted by molar-refractivity contribution is 7.92. The molecule has 36 heavy (non-hydrogen) atoms. The number of carboxylic acids is 1. The van der Waals surface area contributed by atoms with E-state index in [9.17, 15) is 33.2 Å². The van der Waals surface area contributed by atoms with E-state index in [1.165, 1.54) is 49.2 Å². The van der Waals surface area contributed by atoms with Crippen LogP contribution in [0, 0.1) is 16.0 Å². The highest BCUT2D eigenvalue weighted by atomic mass is 32.2. The fourth-order valence-corrected chi connectivity index (χ4v) is 4.90. The molecule has 1 aliphatic heterocycles. The van der Waals surface area contributed by atoms with E-state index in [1.54, 1.807) is 24.3 Å². The molecule has 11 nitrogen and oxygen atoms in total. The number of aliphatic imine (C=N–C) groups is 1. The number of carboxylic acid groups (broad SMARTS) is 1. The minimum absolute atomic E-state index is 0.00495. The lowest BCUT2D eigenvalue weighted by Crippen LogP contribution is -2.47. The number of nitro benzene ring substituents is 1. The lowest BCUT2D eigenvalue weighted by molar-refractivity contribution is -0.385. The van der Waals surface area contributed by atoms with Crippen molar-refractivity contribution >= 4 is 39.5 Å². The van der Waals surface area contributed by atoms with Crippen LogP contribution < -0.4 is 0 Å². The number of urea groups is 1. The van der Waals surface area contributed by atoms with Crippen LogP contribution in [0.1, 0.15) is 30.5 Å². The molecule has 0 aliphatic carbocycles. The molecule has 0 spiro atoms. The topological polar surface area (TPSA) is 150 Å². The van der Waals surface area contributed by atoms with E-state index in [2.05, 4.69) is 4.99 Å². The number of amides is 2. The van der Waals surface area contributed by atoms with E-state index in [0.29, 0.717) is 0 Å². The second-order valence-corrected chi connectivity index (χ2v) is 10.2. The molecule has 0 saturated heterocycles. The van der Waals surface area contributed by atoms with Crippen molar-refractivity contribution in [2.45, 2.75) is 19.4 Å². The van der Waals surface area contributed by atoms with Gasteiger partial charge >= 0.3 is 12.0 Å². The van der Waals surface area contributed by atoms with Crippen molar-refractivity contribution in [1.82, 2.24) is 9.21 Å². The van der Waals surface area contributed by atoms with Gasteiger partial charge in [0, 0.05) is 43.4 Å². The third kappa shape index (κ3) is 6.20. The summed E-state index contributed by atoms with van der Waals surface area (Å²) in [5.41, 5.74) is 0.860. The van der Waals surface area contributed by atoms with E-state index in [-0.39, 0.29) is 36.5 Å². The second-order valence-electron chi connectivity index (χ2n) is 8.28. The maximum Gasteiger partial charge on any atom is 0.344 e. The molecular formula is C24H26N4O7S. The summed E-state index contributed by atoms with van der Waals surface area (Å²) >= 11 is 0. The van der Waals surface area contributed by atoms with Crippen LogP contribution in [-0.2, 0) is 14.8 Å². The molecule has 2 unspecified atom stereocenters. The molecule has 2 amide bonds. The molecule has 1 aliphatic rings. The first-order valence-electron chi connectivity index (χ1n) is 11.0. The van der Waals surface area contributed by atoms with Crippen LogP contribution in [0.2, 0.25) is 0 Å². The minimum Gasteiger partial charge on any atom is -0.481 e. The van der Waals surface area contributed by atoms with Gasteiger partial charge in [0.05, 0.1) is 11.0 Å². The average Bonchev–Trinajstić information content (AvgIpc) is 2.84. The number of carbonyl (C=O) groups excluding carboxylic acids is 1. The zero-order chi connectivity index (χ0) is 26.5. The monoisotopic (exact) mass is 514 g/mol. The standard InChI is InChI=1S/C24H26N4O7S/c1-17-21(23(29)30)22(19-10-6-11-20(16-19)28(32)33)27(24(31)25-17)14-7-13-26(2)36(34,35)15-12-18-8-4-3-5-9-18/h3-6,8-12,15-16,21-22H,7,13-14H2,1-2H3,(H,29,30). The first kappa shape index (κ1) is 26.7. The molecule has 12 heteroatoms. The number of hydrogen-bond acceptors (Lipinski definition) is 6. The summed E-state index contributed by atoms with van der Waals surface area (Å²) in [5, 5.41) is 22.2. The second kappa shape index (κ2) is 11.2. The van der Waals surface area contributed by atoms with Crippen molar-refractivity contribution in [2.24, 2.45) is 10.9 Å². The Morgan fingerprint density at radius 1 is 1.22 bits per heavy atom. The summed E-state index contributed by atoms with van der Waals surface area (Å²) in [4.78, 5) is 40.6. The van der Waals surface area contributed by atoms with E-state index < -0.39 is 38.9 Å². The summed E-state index contributed by atoms with van der Waals surface area (Å²) in [6, 6.07) is 12.7. The van der Waals surface area contributed by atoms with Crippen molar-refractivity contribution in [3.05, 3.63) is 81.2 Å². The fourth-order valence-electron chi connectivity index (χ4n) is 3.98. The predicted molar refractivity (Wildman–Crippen MR) is 134 cm³/mol. The van der Waals surface area contributed by atoms with Gasteiger partial charge in [0.15, 0.2) is 0 Å². The Kier molecular flexibility index (Phi) is 8.33. The van der Waals surface area contributed by atoms with E-state index in [4.69, 9.17) is 0 Å². The van der Waals surface area contributed by atoms with Crippen LogP contribution in [0.25, 0.3) is 6.08 Å². The lowest BCUT2D eigenvalue weighted by atomic mass is 9.86. The minimum atomic E-state index is -3.74. The normalized spacial score (nSPS) is 18.5. The Labute approximate surface area is 208 Å². The van der Waals surface area contributed by atoms with Gasteiger partial charge in [0.1, 0.15) is 5.92 Å². The molecule has 1 heterocycles. The smallest absolute Gasteiger partial charge is 0.344 e. The average molecular weight is 515 g/mol. The van der Waals surface area contributed by atoms with Gasteiger partial charge in [-0.05, 0) is 30.5 Å². The molecular weight excluding hydrogens is 488 g/mol. The zero-order valence-electron chi connectivity index (χ0n) is 19.7. The molecule has 1 N–H and O–H groups in total. The number of hydrogen-bond donors (Lipinski definition) is 1. The number of benzene rings is 2. The Morgan fingerprint density at radius 3 is 2.56 bits per heavy atom. The van der Waals surface area contributed by atoms with Crippen molar-refractivity contribution in [2.75, 3.05) is 20.1 Å². The maximum atomic E-state index is 12.8. The number of rotatable bonds is 10. The fraction of sp³-hybridized carbons (Fsp3) is 0.292. The van der Waals surface area contributed by atoms with E-state index >= 15 is 0 Å². The Hall–Kier alpha value is -3.90. The van der Waals surface area contributed by atoms with Gasteiger partial charge < -0.3 is 10.0 Å². The van der Waals surface area contributed by atoms with Crippen molar-refractivity contribution in [1.29, 1.82) is 0 Å². The number of nitro groups is 1. The molecule has 0 aromatic heterocycles. The van der Waals surface area contributed by atoms with Gasteiger partial charge in [-0.25, -0.2) is 22.5 Å². The van der Waals surface area contributed by atoms with Crippen LogP contribution in [0.15, 0.2) is 65.0 Å². The van der Waals surface area contributed by atoms with Crippen LogP contribution in [0.5, 0.6) is 0 Å². The summed E-state index contributed by atoms with van der Waals surface area (Å²) < 4.78 is 26.4.